The van der Waals surface area contributed by atoms with Crippen molar-refractivity contribution in [2.45, 2.75) is 6.92 Å². The highest BCUT2D eigenvalue weighted by Gasteiger charge is 2.08. The van der Waals surface area contributed by atoms with Crippen LogP contribution in [0.5, 0.6) is 0 Å². The highest BCUT2D eigenvalue weighted by atomic mass is 16.5. The van der Waals surface area contributed by atoms with Crippen LogP contribution in [0.3, 0.4) is 0 Å². The second-order valence-electron chi connectivity index (χ2n) is 4.84. The van der Waals surface area contributed by atoms with Gasteiger partial charge in [-0.15, -0.1) is 0 Å². The third-order valence-electron chi connectivity index (χ3n) is 3.36. The summed E-state index contributed by atoms with van der Waals surface area (Å²) in [7, 11) is 1.37. The lowest BCUT2D eigenvalue weighted by Crippen LogP contribution is -2.00. The predicted molar refractivity (Wildman–Crippen MR) is 81.1 cm³/mol. The molecule has 0 aliphatic carbocycles. The number of esters is 1. The number of ether oxygens (including phenoxy) is 1. The largest absolute Gasteiger partial charge is 0.465 e. The topological polar surface area (TPSA) is 52.1 Å². The summed E-state index contributed by atoms with van der Waals surface area (Å²) in [4.78, 5) is 20.1. The molecular formula is C17H14N2O2. The number of carbonyl (C=O) groups is 1. The number of hydrogen-bond acceptors (Lipinski definition) is 4. The minimum Gasteiger partial charge on any atom is -0.465 e. The minimum atomic E-state index is -0.338. The van der Waals surface area contributed by atoms with Crippen LogP contribution in [0.4, 0.5) is 0 Å². The summed E-state index contributed by atoms with van der Waals surface area (Å²) in [5.41, 5.74) is 4.48. The van der Waals surface area contributed by atoms with E-state index in [0.717, 1.165) is 27.6 Å². The van der Waals surface area contributed by atoms with E-state index in [-0.39, 0.29) is 5.97 Å². The molecule has 0 saturated heterocycles. The maximum atomic E-state index is 11.5. The molecule has 0 bridgehead atoms. The number of hydrogen-bond donors (Lipinski definition) is 0. The molecule has 0 saturated carbocycles. The van der Waals surface area contributed by atoms with Gasteiger partial charge in [-0.25, -0.2) is 4.79 Å². The van der Waals surface area contributed by atoms with Crippen molar-refractivity contribution >= 4 is 16.9 Å². The van der Waals surface area contributed by atoms with Gasteiger partial charge in [0.25, 0.3) is 0 Å². The lowest BCUT2D eigenvalue weighted by molar-refractivity contribution is 0.0601. The molecule has 0 amide bonds. The second kappa shape index (κ2) is 5.32. The summed E-state index contributed by atoms with van der Waals surface area (Å²) in [5.74, 6) is -0.338. The van der Waals surface area contributed by atoms with Gasteiger partial charge in [0.2, 0.25) is 0 Å². The number of rotatable bonds is 2. The molecule has 0 aliphatic heterocycles. The fourth-order valence-electron chi connectivity index (χ4n) is 2.28. The molecule has 2 aromatic heterocycles. The molecule has 21 heavy (non-hydrogen) atoms. The van der Waals surface area contributed by atoms with Gasteiger partial charge in [0.1, 0.15) is 0 Å². The average molecular weight is 278 g/mol. The van der Waals surface area contributed by atoms with E-state index in [4.69, 9.17) is 4.74 Å². The number of fused-ring (bicyclic) bond motifs is 1. The molecule has 1 aromatic carbocycles. The van der Waals surface area contributed by atoms with Crippen molar-refractivity contribution in [1.29, 1.82) is 0 Å². The van der Waals surface area contributed by atoms with Gasteiger partial charge in [-0.05, 0) is 36.2 Å². The monoisotopic (exact) mass is 278 g/mol. The first-order valence-electron chi connectivity index (χ1n) is 6.58. The van der Waals surface area contributed by atoms with Crippen LogP contribution in [0.2, 0.25) is 0 Å². The molecule has 4 heteroatoms. The fourth-order valence-corrected chi connectivity index (χ4v) is 2.28. The van der Waals surface area contributed by atoms with Crippen LogP contribution in [-0.2, 0) is 4.74 Å². The van der Waals surface area contributed by atoms with Crippen molar-refractivity contribution in [3.63, 3.8) is 0 Å². The highest BCUT2D eigenvalue weighted by Crippen LogP contribution is 2.27. The lowest BCUT2D eigenvalue weighted by Gasteiger charge is -2.07. The van der Waals surface area contributed by atoms with Crippen molar-refractivity contribution in [2.75, 3.05) is 7.11 Å². The standard InChI is InChI=1S/C17H14N2O2/c1-11-7-14-15(9-18-10-16(14)19-8-11)12-3-5-13(6-4-12)17(20)21-2/h3-10H,1-2H3. The third-order valence-corrected chi connectivity index (χ3v) is 3.36. The Kier molecular flexibility index (Phi) is 3.36. The van der Waals surface area contributed by atoms with E-state index < -0.39 is 0 Å². The van der Waals surface area contributed by atoms with E-state index in [2.05, 4.69) is 16.0 Å². The molecule has 0 atom stereocenters. The number of aromatic nitrogens is 2. The smallest absolute Gasteiger partial charge is 0.337 e. The molecule has 4 nitrogen and oxygen atoms in total. The van der Waals surface area contributed by atoms with E-state index in [1.165, 1.54) is 7.11 Å². The van der Waals surface area contributed by atoms with Crippen LogP contribution in [0.25, 0.3) is 22.0 Å². The number of nitrogens with zero attached hydrogens (tertiary/aromatic N) is 2. The Hall–Kier alpha value is -2.75. The van der Waals surface area contributed by atoms with Gasteiger partial charge in [0.15, 0.2) is 0 Å². The molecule has 0 spiro atoms. The number of benzene rings is 1. The van der Waals surface area contributed by atoms with Crippen LogP contribution in [-0.4, -0.2) is 23.0 Å². The van der Waals surface area contributed by atoms with Crippen molar-refractivity contribution in [3.8, 4) is 11.1 Å². The SMILES string of the molecule is COC(=O)c1ccc(-c2cncc3ncc(C)cc23)cc1. The van der Waals surface area contributed by atoms with Gasteiger partial charge in [0, 0.05) is 23.3 Å². The molecule has 0 radical (unpaired) electrons. The lowest BCUT2D eigenvalue weighted by atomic mass is 10.0. The molecular weight excluding hydrogens is 264 g/mol. The quantitative estimate of drug-likeness (QED) is 0.674. The Bertz CT molecular complexity index is 811. The van der Waals surface area contributed by atoms with Gasteiger partial charge in [0.05, 0.1) is 24.4 Å². The van der Waals surface area contributed by atoms with E-state index in [9.17, 15) is 4.79 Å². The van der Waals surface area contributed by atoms with Gasteiger partial charge in [-0.1, -0.05) is 12.1 Å². The molecule has 0 unspecified atom stereocenters. The van der Waals surface area contributed by atoms with Gasteiger partial charge in [-0.2, -0.15) is 0 Å². The molecule has 0 fully saturated rings. The van der Waals surface area contributed by atoms with Crippen molar-refractivity contribution < 1.29 is 9.53 Å². The number of aryl methyl sites for hydroxylation is 1. The predicted octanol–water partition coefficient (Wildman–Crippen LogP) is 3.39. The highest BCUT2D eigenvalue weighted by molar-refractivity contribution is 5.95. The first-order valence-corrected chi connectivity index (χ1v) is 6.58. The van der Waals surface area contributed by atoms with Crippen LogP contribution >= 0.6 is 0 Å². The molecule has 2 heterocycles. The first kappa shape index (κ1) is 13.2. The summed E-state index contributed by atoms with van der Waals surface area (Å²) >= 11 is 0. The summed E-state index contributed by atoms with van der Waals surface area (Å²) in [6.45, 7) is 2.01. The van der Waals surface area contributed by atoms with Crippen LogP contribution < -0.4 is 0 Å². The molecule has 0 aliphatic rings. The normalized spacial score (nSPS) is 10.6. The Labute approximate surface area is 122 Å². The maximum absolute atomic E-state index is 11.5. The number of pyridine rings is 2. The van der Waals surface area contributed by atoms with Crippen molar-refractivity contribution in [3.05, 3.63) is 60.0 Å². The Morgan fingerprint density at radius 3 is 2.57 bits per heavy atom. The van der Waals surface area contributed by atoms with Gasteiger partial charge < -0.3 is 4.74 Å². The Balaban J connectivity index is 2.12. The average Bonchev–Trinajstić information content (AvgIpc) is 2.53. The number of methoxy groups -OCH3 is 1. The van der Waals surface area contributed by atoms with Crippen molar-refractivity contribution in [2.24, 2.45) is 0 Å². The molecule has 104 valence electrons. The zero-order chi connectivity index (χ0) is 14.8. The third kappa shape index (κ3) is 2.48. The van der Waals surface area contributed by atoms with Crippen LogP contribution in [0, 0.1) is 6.92 Å². The minimum absolute atomic E-state index is 0.338. The van der Waals surface area contributed by atoms with E-state index in [1.807, 2.05) is 31.5 Å². The van der Waals surface area contributed by atoms with Crippen molar-refractivity contribution in [1.82, 2.24) is 9.97 Å². The molecule has 3 rings (SSSR count). The number of carbonyl (C=O) groups excluding carboxylic acids is 1. The molecule has 3 aromatic rings. The van der Waals surface area contributed by atoms with Crippen LogP contribution in [0.15, 0.2) is 48.9 Å². The van der Waals surface area contributed by atoms with Gasteiger partial charge in [-0.3, -0.25) is 9.97 Å². The Morgan fingerprint density at radius 1 is 1.10 bits per heavy atom. The molecule has 0 N–H and O–H groups in total. The zero-order valence-corrected chi connectivity index (χ0v) is 11.8. The van der Waals surface area contributed by atoms with E-state index >= 15 is 0 Å². The van der Waals surface area contributed by atoms with Gasteiger partial charge >= 0.3 is 5.97 Å². The Morgan fingerprint density at radius 2 is 1.86 bits per heavy atom. The zero-order valence-electron chi connectivity index (χ0n) is 11.8. The summed E-state index contributed by atoms with van der Waals surface area (Å²) in [6, 6.07) is 9.39. The summed E-state index contributed by atoms with van der Waals surface area (Å²) in [5, 5.41) is 1.05. The van der Waals surface area contributed by atoms with E-state index in [0.29, 0.717) is 5.56 Å². The van der Waals surface area contributed by atoms with Crippen LogP contribution in [0.1, 0.15) is 15.9 Å². The summed E-state index contributed by atoms with van der Waals surface area (Å²) in [6.07, 6.45) is 5.39. The first-order chi connectivity index (χ1) is 10.2. The summed E-state index contributed by atoms with van der Waals surface area (Å²) < 4.78 is 4.71. The second-order valence-corrected chi connectivity index (χ2v) is 4.84. The van der Waals surface area contributed by atoms with E-state index in [1.54, 1.807) is 18.3 Å². The fraction of sp³-hybridized carbons (Fsp3) is 0.118. The maximum Gasteiger partial charge on any atom is 0.337 e.